The van der Waals surface area contributed by atoms with Crippen LogP contribution in [0, 0.1) is 41.6 Å². The minimum atomic E-state index is -0.825. The maximum Gasteiger partial charge on any atom is 0.317 e. The van der Waals surface area contributed by atoms with Gasteiger partial charge in [0.1, 0.15) is 41.1 Å². The van der Waals surface area contributed by atoms with Crippen LogP contribution < -0.4 is 14.5 Å². The maximum absolute atomic E-state index is 15.3. The maximum atomic E-state index is 15.3. The number of amides is 1. The second-order valence-electron chi connectivity index (χ2n) is 15.5. The summed E-state index contributed by atoms with van der Waals surface area (Å²) >= 11 is 0. The summed E-state index contributed by atoms with van der Waals surface area (Å²) < 4.78 is 60.2. The number of anilines is 2. The number of rotatable bonds is 4. The van der Waals surface area contributed by atoms with Crippen LogP contribution >= 0.6 is 0 Å². The van der Waals surface area contributed by atoms with E-state index in [1.807, 2.05) is 16.4 Å². The van der Waals surface area contributed by atoms with E-state index in [0.717, 1.165) is 18.6 Å². The quantitative estimate of drug-likeness (QED) is 0.236. The molecular weight excluding hydrogens is 754 g/mol. The number of imidazole rings is 1. The molecule has 0 aliphatic carbocycles. The second kappa shape index (κ2) is 13.6. The Labute approximate surface area is 331 Å². The number of benzene rings is 2. The van der Waals surface area contributed by atoms with Gasteiger partial charge in [-0.2, -0.15) is 25.3 Å². The number of aromatic nitrogens is 8. The molecule has 3 saturated heterocycles. The van der Waals surface area contributed by atoms with Crippen LogP contribution in [-0.2, 0) is 16.1 Å². The van der Waals surface area contributed by atoms with Crippen LogP contribution in [0.15, 0.2) is 48.8 Å². The van der Waals surface area contributed by atoms with Crippen molar-refractivity contribution in [3.63, 3.8) is 0 Å². The van der Waals surface area contributed by atoms with Crippen molar-refractivity contribution in [3.05, 3.63) is 72.1 Å². The molecule has 0 radical (unpaired) electrons. The van der Waals surface area contributed by atoms with Crippen molar-refractivity contribution in [2.45, 2.75) is 69.5 Å². The fraction of sp³-hybridized carbons (Fsp3) is 0.400. The van der Waals surface area contributed by atoms with Crippen molar-refractivity contribution in [1.82, 2.24) is 44.2 Å². The first-order chi connectivity index (χ1) is 28.1. The van der Waals surface area contributed by atoms with E-state index in [0.29, 0.717) is 64.7 Å². The molecule has 1 amide bonds. The van der Waals surface area contributed by atoms with Gasteiger partial charge >= 0.3 is 6.01 Å². The number of halogens is 3. The number of nitrogens with zero attached hydrogens (tertiary/aromatic N) is 12. The average Bonchev–Trinajstić information content (AvgIpc) is 3.91. The molecule has 4 aliphatic heterocycles. The predicted octanol–water partition coefficient (Wildman–Crippen LogP) is 4.99. The third-order valence-electron chi connectivity index (χ3n) is 12.0. The molecule has 2 aromatic carbocycles. The van der Waals surface area contributed by atoms with Gasteiger partial charge in [0.15, 0.2) is 11.5 Å². The van der Waals surface area contributed by atoms with Gasteiger partial charge in [0.05, 0.1) is 59.5 Å². The van der Waals surface area contributed by atoms with Gasteiger partial charge in [0.2, 0.25) is 11.9 Å². The largest absolute Gasteiger partial charge is 0.458 e. The summed E-state index contributed by atoms with van der Waals surface area (Å²) in [6.07, 6.45) is 4.38. The van der Waals surface area contributed by atoms with Crippen LogP contribution in [0.25, 0.3) is 39.0 Å². The first-order valence-corrected chi connectivity index (χ1v) is 19.2. The molecule has 0 saturated carbocycles. The number of nitriles is 1. The SMILES string of the molecule is CO[C@H]1CN(C)C(=O)[C@@H]2CC(CN2c2nc(N3[C@@H]4CC(C#N)C[C@H]3C4)nc3c2cnn3-c2ccc(F)cc2F)Oc2nccc(n2)-c2cc(F)cc3nc(C)n(c23)C1.[HH]. The number of ether oxygens (including phenoxy) is 2. The van der Waals surface area contributed by atoms with Crippen LogP contribution in [0.2, 0.25) is 0 Å². The summed E-state index contributed by atoms with van der Waals surface area (Å²) in [5, 5.41) is 14.7. The molecule has 15 nitrogen and oxygen atoms in total. The predicted molar refractivity (Wildman–Crippen MR) is 206 cm³/mol. The molecule has 8 heterocycles. The highest BCUT2D eigenvalue weighted by molar-refractivity contribution is 5.94. The topological polar surface area (TPSA) is 156 Å². The minimum Gasteiger partial charge on any atom is -0.458 e. The van der Waals surface area contributed by atoms with E-state index in [1.165, 1.54) is 29.1 Å². The van der Waals surface area contributed by atoms with Gasteiger partial charge in [-0.05, 0) is 50.5 Å². The van der Waals surface area contributed by atoms with E-state index in [4.69, 9.17) is 24.4 Å². The number of methoxy groups -OCH3 is 1. The van der Waals surface area contributed by atoms with Crippen molar-refractivity contribution in [2.24, 2.45) is 5.92 Å². The Hall–Kier alpha value is -6.35. The molecular formula is C40H39F3N12O3. The number of piperidine rings is 1. The highest BCUT2D eigenvalue weighted by atomic mass is 19.1. The second-order valence-corrected chi connectivity index (χ2v) is 15.5. The van der Waals surface area contributed by atoms with Crippen LogP contribution in [0.4, 0.5) is 24.9 Å². The zero-order valence-corrected chi connectivity index (χ0v) is 31.8. The van der Waals surface area contributed by atoms with Crippen molar-refractivity contribution in [1.29, 1.82) is 5.26 Å². The van der Waals surface area contributed by atoms with E-state index in [-0.39, 0.29) is 62.2 Å². The van der Waals surface area contributed by atoms with E-state index in [9.17, 15) is 14.4 Å². The summed E-state index contributed by atoms with van der Waals surface area (Å²) in [5.41, 5.74) is 2.32. The number of fused-ring (bicyclic) bond motifs is 8. The van der Waals surface area contributed by atoms with E-state index in [2.05, 4.69) is 26.0 Å². The van der Waals surface area contributed by atoms with Gasteiger partial charge in [0, 0.05) is 64.5 Å². The number of likely N-dealkylation sites (N-methyl/N-ethyl adjacent to an activating group) is 1. The molecule has 0 spiro atoms. The molecule has 6 aromatic rings. The van der Waals surface area contributed by atoms with Crippen molar-refractivity contribution < 1.29 is 28.9 Å². The van der Waals surface area contributed by atoms with Gasteiger partial charge in [0.25, 0.3) is 0 Å². The lowest BCUT2D eigenvalue weighted by atomic mass is 9.74. The molecule has 298 valence electrons. The average molecular weight is 793 g/mol. The lowest BCUT2D eigenvalue weighted by Crippen LogP contribution is -2.61. The molecule has 6 atom stereocenters. The molecule has 2 unspecified atom stereocenters. The molecule has 10 rings (SSSR count). The Balaban J connectivity index is 0.00000449. The first kappa shape index (κ1) is 36.0. The first-order valence-electron chi connectivity index (χ1n) is 19.2. The summed E-state index contributed by atoms with van der Waals surface area (Å²) in [7, 11) is 3.30. The number of aryl methyl sites for hydroxylation is 1. The minimum absolute atomic E-state index is 0. The molecule has 6 bridgehead atoms. The van der Waals surface area contributed by atoms with Gasteiger partial charge < -0.3 is 28.7 Å². The lowest BCUT2D eigenvalue weighted by molar-refractivity contribution is -0.133. The standard InChI is InChI=1S/C40H37F3N12O3.H2/c1-20-47-32-12-23(42)10-28-31-6-7-45-40(48-31)58-26-14-34(38(56)51(2)17-27(57-3)19-52(20)35(28)32)53(18-26)36-29-16-46-55(33-5-4-22(41)11-30(33)43)37(29)50-39(49-36)54-24-8-21(15-44)9-25(54)13-24;/h4-7,10-12,16,21,24-27,34H,8-9,13-14,17-19H2,1-3H3;1H/t21?,24-,25+,26?,27-,34-;/m0./s1. The normalized spacial score (nSPS) is 24.4. The fourth-order valence-electron chi connectivity index (χ4n) is 9.23. The third kappa shape index (κ3) is 5.86. The molecule has 0 N–H and O–H groups in total. The molecule has 18 heteroatoms. The summed E-state index contributed by atoms with van der Waals surface area (Å²) in [6.45, 7) is 2.52. The zero-order chi connectivity index (χ0) is 40.0. The Kier molecular flexibility index (Phi) is 8.48. The monoisotopic (exact) mass is 792 g/mol. The number of hydrogen-bond donors (Lipinski definition) is 0. The Morgan fingerprint density at radius 2 is 1.79 bits per heavy atom. The van der Waals surface area contributed by atoms with Crippen LogP contribution in [0.3, 0.4) is 0 Å². The van der Waals surface area contributed by atoms with Crippen LogP contribution in [0.1, 0.15) is 32.9 Å². The van der Waals surface area contributed by atoms with Gasteiger partial charge in [-0.1, -0.05) is 0 Å². The van der Waals surface area contributed by atoms with E-state index < -0.39 is 35.7 Å². The molecule has 4 aliphatic rings. The lowest BCUT2D eigenvalue weighted by Gasteiger charge is -2.54. The molecule has 4 aromatic heterocycles. The number of carbonyl (C=O) groups is 1. The summed E-state index contributed by atoms with van der Waals surface area (Å²) in [4.78, 5) is 44.2. The van der Waals surface area contributed by atoms with Crippen molar-refractivity contribution >= 4 is 39.7 Å². The highest BCUT2D eigenvalue weighted by Crippen LogP contribution is 2.45. The van der Waals surface area contributed by atoms with Crippen molar-refractivity contribution in [3.8, 4) is 29.0 Å². The van der Waals surface area contributed by atoms with Gasteiger partial charge in [-0.3, -0.25) is 4.79 Å². The highest BCUT2D eigenvalue weighted by Gasteiger charge is 2.48. The van der Waals surface area contributed by atoms with E-state index in [1.54, 1.807) is 31.3 Å². The van der Waals surface area contributed by atoms with Crippen LogP contribution in [0.5, 0.6) is 6.01 Å². The number of hydrogen-bond acceptors (Lipinski definition) is 12. The molecule has 3 fully saturated rings. The summed E-state index contributed by atoms with van der Waals surface area (Å²) in [5.74, 6) is -0.955. The number of carbonyl (C=O) groups excluding carboxylic acids is 1. The molecule has 58 heavy (non-hydrogen) atoms. The Bertz CT molecular complexity index is 2680. The van der Waals surface area contributed by atoms with Gasteiger partial charge in [-0.25, -0.2) is 27.8 Å². The van der Waals surface area contributed by atoms with Crippen LogP contribution in [-0.4, -0.2) is 108 Å². The fourth-order valence-corrected chi connectivity index (χ4v) is 9.23. The zero-order valence-electron chi connectivity index (χ0n) is 31.8. The Morgan fingerprint density at radius 1 is 0.966 bits per heavy atom. The Morgan fingerprint density at radius 3 is 2.57 bits per heavy atom. The van der Waals surface area contributed by atoms with E-state index >= 15 is 8.78 Å². The van der Waals surface area contributed by atoms with Crippen molar-refractivity contribution in [2.75, 3.05) is 37.0 Å². The third-order valence-corrected chi connectivity index (χ3v) is 12.0. The smallest absolute Gasteiger partial charge is 0.317 e. The van der Waals surface area contributed by atoms with Gasteiger partial charge in [-0.15, -0.1) is 0 Å². The summed E-state index contributed by atoms with van der Waals surface area (Å²) in [6, 6.07) is 9.42.